The van der Waals surface area contributed by atoms with Crippen LogP contribution in [-0.4, -0.2) is 28.0 Å². The lowest BCUT2D eigenvalue weighted by molar-refractivity contribution is 0.136. The van der Waals surface area contributed by atoms with E-state index in [0.717, 1.165) is 23.9 Å². The molecule has 2 heteroatoms. The van der Waals surface area contributed by atoms with Gasteiger partial charge in [0.1, 0.15) is 0 Å². The number of halogens is 1. The number of rotatable bonds is 6. The van der Waals surface area contributed by atoms with Gasteiger partial charge < -0.3 is 0 Å². The van der Waals surface area contributed by atoms with Gasteiger partial charge in [-0.2, -0.15) is 0 Å². The summed E-state index contributed by atoms with van der Waals surface area (Å²) in [7, 11) is 0. The average Bonchev–Trinajstić information content (AvgIpc) is 2.82. The zero-order valence-electron chi connectivity index (χ0n) is 13.0. The third kappa shape index (κ3) is 3.37. The molecule has 3 aliphatic rings. The van der Waals surface area contributed by atoms with Gasteiger partial charge in [0.25, 0.3) is 0 Å². The van der Waals surface area contributed by atoms with Crippen LogP contribution in [0.4, 0.5) is 0 Å². The minimum absolute atomic E-state index is 0.987. The highest BCUT2D eigenvalue weighted by molar-refractivity contribution is 14.1. The Hall–Kier alpha value is 0.690. The van der Waals surface area contributed by atoms with Gasteiger partial charge in [-0.05, 0) is 61.3 Å². The molecule has 116 valence electrons. The highest BCUT2D eigenvalue weighted by Crippen LogP contribution is 2.49. The van der Waals surface area contributed by atoms with Crippen molar-refractivity contribution in [3.8, 4) is 0 Å². The number of nitrogens with zero attached hydrogens (tertiary/aromatic N) is 1. The van der Waals surface area contributed by atoms with E-state index in [1.165, 1.54) is 75.2 Å². The summed E-state index contributed by atoms with van der Waals surface area (Å²) in [6, 6.07) is 1.97. The number of likely N-dealkylation sites (tertiary alicyclic amines) is 1. The van der Waals surface area contributed by atoms with Gasteiger partial charge in [0.15, 0.2) is 0 Å². The fourth-order valence-electron chi connectivity index (χ4n) is 5.42. The first kappa shape index (κ1) is 15.6. The minimum Gasteiger partial charge on any atom is -0.297 e. The fourth-order valence-corrected chi connectivity index (χ4v) is 5.96. The Morgan fingerprint density at radius 2 is 1.25 bits per heavy atom. The van der Waals surface area contributed by atoms with Crippen molar-refractivity contribution in [1.29, 1.82) is 0 Å². The number of fused-ring (bicyclic) bond motifs is 3. The molecule has 0 N–H and O–H groups in total. The Morgan fingerprint density at radius 3 is 1.85 bits per heavy atom. The summed E-state index contributed by atoms with van der Waals surface area (Å²) in [6.07, 6.45) is 18.0. The van der Waals surface area contributed by atoms with Crippen molar-refractivity contribution in [1.82, 2.24) is 4.90 Å². The predicted molar refractivity (Wildman–Crippen MR) is 95.6 cm³/mol. The van der Waals surface area contributed by atoms with Crippen LogP contribution >= 0.6 is 22.6 Å². The zero-order valence-corrected chi connectivity index (χ0v) is 15.2. The van der Waals surface area contributed by atoms with Gasteiger partial charge in [-0.25, -0.2) is 0 Å². The van der Waals surface area contributed by atoms with E-state index in [4.69, 9.17) is 0 Å². The molecule has 1 aliphatic heterocycles. The van der Waals surface area contributed by atoms with E-state index in [2.05, 4.69) is 27.5 Å². The first-order valence-corrected chi connectivity index (χ1v) is 10.8. The zero-order chi connectivity index (χ0) is 13.8. The predicted octanol–water partition coefficient (Wildman–Crippen LogP) is 5.42. The summed E-state index contributed by atoms with van der Waals surface area (Å²) in [4.78, 5) is 3.01. The molecule has 0 bridgehead atoms. The molecular formula is C18H32IN. The van der Waals surface area contributed by atoms with Crippen molar-refractivity contribution in [2.45, 2.75) is 89.1 Å². The third-order valence-electron chi connectivity index (χ3n) is 6.27. The molecule has 0 radical (unpaired) electrons. The molecule has 0 amide bonds. The summed E-state index contributed by atoms with van der Waals surface area (Å²) in [5.74, 6) is 2.17. The minimum atomic E-state index is 0.987. The molecule has 1 nitrogen and oxygen atoms in total. The van der Waals surface area contributed by atoms with Crippen molar-refractivity contribution in [3.05, 3.63) is 0 Å². The van der Waals surface area contributed by atoms with Gasteiger partial charge in [0.05, 0.1) is 0 Å². The van der Waals surface area contributed by atoms with Crippen molar-refractivity contribution in [2.75, 3.05) is 11.0 Å². The second-order valence-corrected chi connectivity index (χ2v) is 8.45. The maximum atomic E-state index is 3.01. The smallest absolute Gasteiger partial charge is 0.0130 e. The van der Waals surface area contributed by atoms with Crippen molar-refractivity contribution >= 4 is 22.6 Å². The quantitative estimate of drug-likeness (QED) is 0.333. The van der Waals surface area contributed by atoms with Gasteiger partial charge in [0, 0.05) is 12.1 Å². The van der Waals surface area contributed by atoms with Gasteiger partial charge in [-0.3, -0.25) is 4.90 Å². The molecule has 1 saturated heterocycles. The highest BCUT2D eigenvalue weighted by Gasteiger charge is 2.48. The molecule has 2 saturated carbocycles. The Bertz CT molecular complexity index is 271. The maximum absolute atomic E-state index is 3.01. The topological polar surface area (TPSA) is 3.24 Å². The van der Waals surface area contributed by atoms with Crippen LogP contribution in [0.25, 0.3) is 0 Å². The van der Waals surface area contributed by atoms with Gasteiger partial charge in [-0.1, -0.05) is 61.1 Å². The molecule has 0 aromatic rings. The summed E-state index contributed by atoms with van der Waals surface area (Å²) in [5.41, 5.74) is 0. The first-order chi connectivity index (χ1) is 9.92. The van der Waals surface area contributed by atoms with Crippen molar-refractivity contribution in [2.24, 2.45) is 11.8 Å². The lowest BCUT2D eigenvalue weighted by Crippen LogP contribution is -2.40. The molecule has 2 aliphatic carbocycles. The Morgan fingerprint density at radius 1 is 0.700 bits per heavy atom. The van der Waals surface area contributed by atoms with E-state index >= 15 is 0 Å². The number of hydrogen-bond acceptors (Lipinski definition) is 1. The molecule has 0 aromatic heterocycles. The van der Waals surface area contributed by atoms with Crippen LogP contribution in [0.5, 0.6) is 0 Å². The maximum Gasteiger partial charge on any atom is 0.0130 e. The average molecular weight is 389 g/mol. The Balaban J connectivity index is 1.56. The normalized spacial score (nSPS) is 37.6. The van der Waals surface area contributed by atoms with Crippen LogP contribution in [0.2, 0.25) is 0 Å². The Labute approximate surface area is 139 Å². The van der Waals surface area contributed by atoms with Crippen molar-refractivity contribution in [3.63, 3.8) is 0 Å². The molecule has 1 heterocycles. The van der Waals surface area contributed by atoms with Crippen LogP contribution < -0.4 is 0 Å². The van der Waals surface area contributed by atoms with E-state index in [-0.39, 0.29) is 0 Å². The third-order valence-corrected chi connectivity index (χ3v) is 7.03. The van der Waals surface area contributed by atoms with E-state index in [1.807, 2.05) is 0 Å². The molecule has 20 heavy (non-hydrogen) atoms. The fraction of sp³-hybridized carbons (Fsp3) is 1.00. The number of hydrogen-bond donors (Lipinski definition) is 0. The standard InChI is InChI=1S/C18H32IN/c19-13-7-1-2-8-14-20-17-11-5-3-9-15(17)16-10-4-6-12-18(16)20/h15-18H,1-14H2. The van der Waals surface area contributed by atoms with Crippen molar-refractivity contribution < 1.29 is 0 Å². The summed E-state index contributed by atoms with van der Waals surface area (Å²) in [6.45, 7) is 1.42. The molecule has 0 spiro atoms. The van der Waals surface area contributed by atoms with Crippen LogP contribution in [0.1, 0.15) is 77.0 Å². The van der Waals surface area contributed by atoms with E-state index in [1.54, 1.807) is 12.8 Å². The second-order valence-electron chi connectivity index (χ2n) is 7.37. The van der Waals surface area contributed by atoms with Gasteiger partial charge >= 0.3 is 0 Å². The van der Waals surface area contributed by atoms with Gasteiger partial charge in [0.2, 0.25) is 0 Å². The van der Waals surface area contributed by atoms with E-state index in [9.17, 15) is 0 Å². The van der Waals surface area contributed by atoms with E-state index in [0.29, 0.717) is 0 Å². The molecule has 4 atom stereocenters. The lowest BCUT2D eigenvalue weighted by atomic mass is 9.73. The Kier molecular flexibility index (Phi) is 6.08. The monoisotopic (exact) mass is 389 g/mol. The number of alkyl halides is 1. The largest absolute Gasteiger partial charge is 0.297 e. The highest BCUT2D eigenvalue weighted by atomic mass is 127. The molecule has 3 fully saturated rings. The molecule has 3 rings (SSSR count). The lowest BCUT2D eigenvalue weighted by Gasteiger charge is -2.34. The summed E-state index contributed by atoms with van der Waals surface area (Å²) in [5, 5.41) is 0. The van der Waals surface area contributed by atoms with Crippen LogP contribution in [0, 0.1) is 11.8 Å². The van der Waals surface area contributed by atoms with Crippen LogP contribution in [0.3, 0.4) is 0 Å². The van der Waals surface area contributed by atoms with Crippen LogP contribution in [-0.2, 0) is 0 Å². The SMILES string of the molecule is ICCCCCCN1C2CCCCC2C2CCCCC21. The van der Waals surface area contributed by atoms with Gasteiger partial charge in [-0.15, -0.1) is 0 Å². The number of unbranched alkanes of at least 4 members (excludes halogenated alkanes) is 3. The molecule has 0 aromatic carbocycles. The molecular weight excluding hydrogens is 357 g/mol. The van der Waals surface area contributed by atoms with E-state index < -0.39 is 0 Å². The summed E-state index contributed by atoms with van der Waals surface area (Å²) < 4.78 is 1.34. The van der Waals surface area contributed by atoms with Crippen LogP contribution in [0.15, 0.2) is 0 Å². The summed E-state index contributed by atoms with van der Waals surface area (Å²) >= 11 is 2.52. The first-order valence-electron chi connectivity index (χ1n) is 9.23. The second kappa shape index (κ2) is 7.80. The molecule has 4 unspecified atom stereocenters.